The predicted molar refractivity (Wildman–Crippen MR) is 140 cm³/mol. The molecule has 1 aliphatic heterocycles. The normalized spacial score (nSPS) is 13.6. The monoisotopic (exact) mass is 533 g/mol. The Morgan fingerprint density at radius 3 is 2.27 bits per heavy atom. The molecule has 0 bridgehead atoms. The van der Waals surface area contributed by atoms with Crippen LogP contribution in [-0.4, -0.2) is 70.8 Å². The standard InChI is InChI=1S/C26H35N3O7S/c1-18(2)15-27-26(31)19(3)28(16-20-6-9-22(34-4)10-7-20)25(30)17-29(37(5,32)33)21-8-11-23-24(14-21)36-13-12-35-23/h6-11,14,18-19H,12-13,15-17H2,1-5H3,(H,27,31)/t19-/m1/s1. The highest BCUT2D eigenvalue weighted by Gasteiger charge is 2.30. The van der Waals surface area contributed by atoms with Crippen LogP contribution in [0.1, 0.15) is 26.3 Å². The van der Waals surface area contributed by atoms with Crippen LogP contribution in [0.3, 0.4) is 0 Å². The molecule has 0 radical (unpaired) electrons. The van der Waals surface area contributed by atoms with Crippen LogP contribution in [0.4, 0.5) is 5.69 Å². The van der Waals surface area contributed by atoms with Gasteiger partial charge in [-0.2, -0.15) is 0 Å². The summed E-state index contributed by atoms with van der Waals surface area (Å²) in [5.74, 6) is 0.959. The molecule has 0 spiro atoms. The Balaban J connectivity index is 1.89. The predicted octanol–water partition coefficient (Wildman–Crippen LogP) is 2.42. The summed E-state index contributed by atoms with van der Waals surface area (Å²) < 4.78 is 42.8. The van der Waals surface area contributed by atoms with E-state index in [1.807, 2.05) is 13.8 Å². The SMILES string of the molecule is COc1ccc(CN(C(=O)CN(c2ccc3c(c2)OCCO3)S(C)(=O)=O)[C@H](C)C(=O)NCC(C)C)cc1. The third-order valence-corrected chi connectivity index (χ3v) is 7.00. The molecule has 0 saturated heterocycles. The lowest BCUT2D eigenvalue weighted by Crippen LogP contribution is -2.51. The summed E-state index contributed by atoms with van der Waals surface area (Å²) in [5, 5.41) is 2.86. The van der Waals surface area contributed by atoms with Crippen molar-refractivity contribution in [1.29, 1.82) is 0 Å². The molecule has 0 unspecified atom stereocenters. The lowest BCUT2D eigenvalue weighted by molar-refractivity contribution is -0.139. The molecule has 1 heterocycles. The van der Waals surface area contributed by atoms with Crippen molar-refractivity contribution in [1.82, 2.24) is 10.2 Å². The third-order valence-electron chi connectivity index (χ3n) is 5.86. The summed E-state index contributed by atoms with van der Waals surface area (Å²) in [6, 6.07) is 11.0. The van der Waals surface area contributed by atoms with E-state index in [0.29, 0.717) is 37.0 Å². The van der Waals surface area contributed by atoms with Gasteiger partial charge in [0.25, 0.3) is 0 Å². The summed E-state index contributed by atoms with van der Waals surface area (Å²) in [5.41, 5.74) is 1.03. The van der Waals surface area contributed by atoms with Gasteiger partial charge in [0, 0.05) is 19.2 Å². The molecule has 37 heavy (non-hydrogen) atoms. The molecule has 10 nitrogen and oxygen atoms in total. The molecule has 1 aliphatic rings. The second kappa shape index (κ2) is 12.2. The zero-order valence-corrected chi connectivity index (χ0v) is 22.7. The molecule has 11 heteroatoms. The number of carbonyl (C=O) groups excluding carboxylic acids is 2. The van der Waals surface area contributed by atoms with Gasteiger partial charge >= 0.3 is 0 Å². The van der Waals surface area contributed by atoms with Gasteiger partial charge in [0.1, 0.15) is 31.5 Å². The average Bonchev–Trinajstić information content (AvgIpc) is 2.87. The van der Waals surface area contributed by atoms with Gasteiger partial charge < -0.3 is 24.4 Å². The number of rotatable bonds is 11. The Hall–Kier alpha value is -3.47. The number of sulfonamides is 1. The molecule has 202 valence electrons. The Kier molecular flexibility index (Phi) is 9.25. The van der Waals surface area contributed by atoms with Crippen molar-refractivity contribution in [2.24, 2.45) is 5.92 Å². The van der Waals surface area contributed by atoms with Crippen LogP contribution in [0.25, 0.3) is 0 Å². The van der Waals surface area contributed by atoms with Crippen molar-refractivity contribution in [2.45, 2.75) is 33.4 Å². The number of nitrogens with one attached hydrogen (secondary N) is 1. The minimum atomic E-state index is -3.85. The van der Waals surface area contributed by atoms with Crippen LogP contribution in [0.2, 0.25) is 0 Å². The quantitative estimate of drug-likeness (QED) is 0.472. The fourth-order valence-electron chi connectivity index (χ4n) is 3.76. The zero-order valence-electron chi connectivity index (χ0n) is 21.9. The number of fused-ring (bicyclic) bond motifs is 1. The topological polar surface area (TPSA) is 114 Å². The maximum atomic E-state index is 13.6. The molecule has 3 rings (SSSR count). The summed E-state index contributed by atoms with van der Waals surface area (Å²) in [6.07, 6.45) is 1.03. The van der Waals surface area contributed by atoms with E-state index in [0.717, 1.165) is 16.1 Å². The van der Waals surface area contributed by atoms with E-state index in [-0.39, 0.29) is 24.1 Å². The number of nitrogens with zero attached hydrogens (tertiary/aromatic N) is 2. The first-order valence-electron chi connectivity index (χ1n) is 12.1. The molecule has 2 aromatic carbocycles. The Morgan fingerprint density at radius 1 is 1.03 bits per heavy atom. The smallest absolute Gasteiger partial charge is 0.244 e. The summed E-state index contributed by atoms with van der Waals surface area (Å²) in [4.78, 5) is 27.9. The molecular weight excluding hydrogens is 498 g/mol. The fraction of sp³-hybridized carbons (Fsp3) is 0.462. The average molecular weight is 534 g/mol. The van der Waals surface area contributed by atoms with Crippen LogP contribution >= 0.6 is 0 Å². The lowest BCUT2D eigenvalue weighted by atomic mass is 10.1. The largest absolute Gasteiger partial charge is 0.497 e. The minimum absolute atomic E-state index is 0.109. The summed E-state index contributed by atoms with van der Waals surface area (Å²) >= 11 is 0. The van der Waals surface area contributed by atoms with Crippen LogP contribution in [0, 0.1) is 5.92 Å². The van der Waals surface area contributed by atoms with Gasteiger partial charge in [-0.3, -0.25) is 13.9 Å². The van der Waals surface area contributed by atoms with E-state index >= 15 is 0 Å². The van der Waals surface area contributed by atoms with E-state index < -0.39 is 28.5 Å². The molecule has 0 aromatic heterocycles. The van der Waals surface area contributed by atoms with Crippen LogP contribution in [0.5, 0.6) is 17.2 Å². The van der Waals surface area contributed by atoms with Crippen molar-refractivity contribution in [2.75, 3.05) is 44.0 Å². The first-order valence-corrected chi connectivity index (χ1v) is 13.9. The minimum Gasteiger partial charge on any atom is -0.497 e. The first kappa shape index (κ1) is 28.1. The maximum absolute atomic E-state index is 13.6. The van der Waals surface area contributed by atoms with Crippen LogP contribution in [0.15, 0.2) is 42.5 Å². The number of hydrogen-bond donors (Lipinski definition) is 1. The van der Waals surface area contributed by atoms with E-state index in [2.05, 4.69) is 5.32 Å². The van der Waals surface area contributed by atoms with Crippen molar-refractivity contribution in [3.05, 3.63) is 48.0 Å². The molecule has 2 aromatic rings. The number of benzene rings is 2. The van der Waals surface area contributed by atoms with Crippen LogP contribution < -0.4 is 23.8 Å². The highest BCUT2D eigenvalue weighted by atomic mass is 32.2. The fourth-order valence-corrected chi connectivity index (χ4v) is 4.61. The Bertz CT molecular complexity index is 1200. The molecule has 0 aliphatic carbocycles. The number of carbonyl (C=O) groups is 2. The van der Waals surface area contributed by atoms with Gasteiger partial charge in [-0.1, -0.05) is 26.0 Å². The number of hydrogen-bond acceptors (Lipinski definition) is 7. The summed E-state index contributed by atoms with van der Waals surface area (Å²) in [6.45, 7) is 6.40. The van der Waals surface area contributed by atoms with E-state index in [4.69, 9.17) is 14.2 Å². The second-order valence-electron chi connectivity index (χ2n) is 9.28. The van der Waals surface area contributed by atoms with Gasteiger partial charge in [-0.05, 0) is 42.7 Å². The molecular formula is C26H35N3O7S. The maximum Gasteiger partial charge on any atom is 0.244 e. The van der Waals surface area contributed by atoms with Gasteiger partial charge in [0.2, 0.25) is 21.8 Å². The van der Waals surface area contributed by atoms with E-state index in [1.165, 1.54) is 11.0 Å². The number of ether oxygens (including phenoxy) is 3. The van der Waals surface area contributed by atoms with Gasteiger partial charge in [-0.15, -0.1) is 0 Å². The Labute approximate surface area is 218 Å². The number of amides is 2. The number of anilines is 1. The van der Waals surface area contributed by atoms with Gasteiger partial charge in [0.05, 0.1) is 19.1 Å². The van der Waals surface area contributed by atoms with E-state index in [1.54, 1.807) is 50.4 Å². The van der Waals surface area contributed by atoms with Gasteiger partial charge in [0.15, 0.2) is 11.5 Å². The zero-order chi connectivity index (χ0) is 27.2. The highest BCUT2D eigenvalue weighted by Crippen LogP contribution is 2.34. The van der Waals surface area contributed by atoms with Gasteiger partial charge in [-0.25, -0.2) is 8.42 Å². The number of methoxy groups -OCH3 is 1. The molecule has 1 N–H and O–H groups in total. The highest BCUT2D eigenvalue weighted by molar-refractivity contribution is 7.92. The molecule has 0 fully saturated rings. The summed E-state index contributed by atoms with van der Waals surface area (Å²) in [7, 11) is -2.29. The van der Waals surface area contributed by atoms with Crippen molar-refractivity contribution < 1.29 is 32.2 Å². The molecule has 2 amide bonds. The Morgan fingerprint density at radius 2 is 1.68 bits per heavy atom. The molecule has 1 atom stereocenters. The first-order chi connectivity index (χ1) is 17.5. The van der Waals surface area contributed by atoms with Crippen LogP contribution in [-0.2, 0) is 26.2 Å². The lowest BCUT2D eigenvalue weighted by Gasteiger charge is -2.32. The van der Waals surface area contributed by atoms with E-state index in [9.17, 15) is 18.0 Å². The molecule has 0 saturated carbocycles. The second-order valence-corrected chi connectivity index (χ2v) is 11.2. The van der Waals surface area contributed by atoms with Crippen molar-refractivity contribution >= 4 is 27.5 Å². The third kappa shape index (κ3) is 7.51. The van der Waals surface area contributed by atoms with Crippen molar-refractivity contribution in [3.8, 4) is 17.2 Å². The van der Waals surface area contributed by atoms with Crippen molar-refractivity contribution in [3.63, 3.8) is 0 Å².